The van der Waals surface area contributed by atoms with Gasteiger partial charge in [-0.2, -0.15) is 0 Å². The van der Waals surface area contributed by atoms with Gasteiger partial charge in [0.2, 0.25) is 0 Å². The Morgan fingerprint density at radius 1 is 1.04 bits per heavy atom. The fourth-order valence-electron chi connectivity index (χ4n) is 6.53. The molecule has 45 heavy (non-hydrogen) atoms. The van der Waals surface area contributed by atoms with Crippen molar-refractivity contribution >= 4 is 34.4 Å². The lowest BCUT2D eigenvalue weighted by Gasteiger charge is -2.32. The molecule has 0 radical (unpaired) electrons. The van der Waals surface area contributed by atoms with E-state index in [4.69, 9.17) is 0 Å². The monoisotopic (exact) mass is 621 g/mol. The molecule has 3 aromatic heterocycles. The van der Waals surface area contributed by atoms with Crippen molar-refractivity contribution in [2.45, 2.75) is 64.8 Å². The Balaban J connectivity index is 1.17. The summed E-state index contributed by atoms with van der Waals surface area (Å²) in [6.45, 7) is 6.82. The molecule has 0 spiro atoms. The van der Waals surface area contributed by atoms with E-state index in [1.807, 2.05) is 29.2 Å². The summed E-state index contributed by atoms with van der Waals surface area (Å²) in [6, 6.07) is 17.5. The Labute approximate surface area is 269 Å². The third-order valence-electron chi connectivity index (χ3n) is 9.31. The van der Waals surface area contributed by atoms with Crippen LogP contribution in [-0.2, 0) is 6.42 Å². The molecule has 7 rings (SSSR count). The number of piperidine rings is 1. The molecular weight excluding hydrogens is 582 g/mol. The number of thiophene rings is 1. The van der Waals surface area contributed by atoms with Crippen LogP contribution in [0.2, 0.25) is 0 Å². The highest BCUT2D eigenvalue weighted by molar-refractivity contribution is 7.16. The van der Waals surface area contributed by atoms with Gasteiger partial charge < -0.3 is 15.1 Å². The molecule has 1 aliphatic carbocycles. The number of hydrogen-bond donors (Lipinski definition) is 1. The molecule has 5 heterocycles. The molecule has 2 fully saturated rings. The first kappa shape index (κ1) is 29.7. The van der Waals surface area contributed by atoms with E-state index in [2.05, 4.69) is 52.2 Å². The highest BCUT2D eigenvalue weighted by Crippen LogP contribution is 2.43. The second-order valence-corrected chi connectivity index (χ2v) is 13.5. The summed E-state index contributed by atoms with van der Waals surface area (Å²) in [5, 5.41) is 3.72. The quantitative estimate of drug-likeness (QED) is 0.214. The standard InChI is InChI=1S/C37H40FN5OS/c1-3-7-30(40-27-10-11-27)33-22-26-17-21-43(32-9-6-5-8-28(32)36(26)45-33)37(44)31-13-12-29(38)35(41-31)25-14-18-39-34(23-25)42-19-15-24(4-2)16-20-42/h5-9,12-14,18,22-24,27,40H,3-4,10-11,15-17,19-21H2,1-2H3/b30-7+. The highest BCUT2D eigenvalue weighted by Gasteiger charge is 2.29. The lowest BCUT2D eigenvalue weighted by molar-refractivity contribution is 0.0982. The number of carbonyl (C=O) groups excluding carboxylic acids is 1. The van der Waals surface area contributed by atoms with Gasteiger partial charge in [-0.3, -0.25) is 4.79 Å². The molecule has 1 aromatic carbocycles. The van der Waals surface area contributed by atoms with Gasteiger partial charge in [-0.05, 0) is 86.4 Å². The number of benzene rings is 1. The van der Waals surface area contributed by atoms with E-state index in [1.54, 1.807) is 23.6 Å². The van der Waals surface area contributed by atoms with Gasteiger partial charge in [0.1, 0.15) is 23.0 Å². The van der Waals surface area contributed by atoms with Crippen LogP contribution in [0.4, 0.5) is 15.9 Å². The van der Waals surface area contributed by atoms with Crippen molar-refractivity contribution in [2.75, 3.05) is 29.4 Å². The number of carbonyl (C=O) groups is 1. The number of allylic oxidation sites excluding steroid dienone is 1. The van der Waals surface area contributed by atoms with Gasteiger partial charge in [-0.25, -0.2) is 14.4 Å². The van der Waals surface area contributed by atoms with Gasteiger partial charge >= 0.3 is 0 Å². The number of rotatable bonds is 8. The first-order valence-corrected chi connectivity index (χ1v) is 17.2. The number of aromatic nitrogens is 2. The van der Waals surface area contributed by atoms with Gasteiger partial charge in [0.15, 0.2) is 0 Å². The topological polar surface area (TPSA) is 61.4 Å². The number of fused-ring (bicyclic) bond motifs is 3. The third-order valence-corrected chi connectivity index (χ3v) is 10.6. The van der Waals surface area contributed by atoms with Crippen molar-refractivity contribution in [3.05, 3.63) is 88.8 Å². The van der Waals surface area contributed by atoms with E-state index in [-0.39, 0.29) is 17.3 Å². The summed E-state index contributed by atoms with van der Waals surface area (Å²) in [6.07, 6.45) is 11.6. The van der Waals surface area contributed by atoms with Crippen molar-refractivity contribution in [1.82, 2.24) is 15.3 Å². The molecule has 232 valence electrons. The minimum Gasteiger partial charge on any atom is -0.381 e. The van der Waals surface area contributed by atoms with Crippen LogP contribution in [0.15, 0.2) is 66.9 Å². The number of amides is 1. The van der Waals surface area contributed by atoms with Gasteiger partial charge in [0.25, 0.3) is 5.91 Å². The smallest absolute Gasteiger partial charge is 0.276 e. The van der Waals surface area contributed by atoms with Crippen molar-refractivity contribution < 1.29 is 9.18 Å². The molecule has 2 aliphatic heterocycles. The Hall–Kier alpha value is -4.04. The molecule has 6 nitrogen and oxygen atoms in total. The van der Waals surface area contributed by atoms with E-state index < -0.39 is 5.82 Å². The van der Waals surface area contributed by atoms with E-state index >= 15 is 4.39 Å². The minimum atomic E-state index is -0.449. The van der Waals surface area contributed by atoms with Crippen molar-refractivity contribution in [1.29, 1.82) is 0 Å². The Morgan fingerprint density at radius 2 is 1.87 bits per heavy atom. The molecule has 1 amide bonds. The van der Waals surface area contributed by atoms with Crippen LogP contribution in [-0.4, -0.2) is 41.6 Å². The van der Waals surface area contributed by atoms with Crippen LogP contribution in [0.1, 0.15) is 73.3 Å². The summed E-state index contributed by atoms with van der Waals surface area (Å²) in [5.41, 5.74) is 5.42. The van der Waals surface area contributed by atoms with Crippen molar-refractivity contribution in [3.63, 3.8) is 0 Å². The van der Waals surface area contributed by atoms with Crippen LogP contribution in [0, 0.1) is 11.7 Å². The molecule has 1 saturated heterocycles. The fourth-order valence-corrected chi connectivity index (χ4v) is 7.78. The van der Waals surface area contributed by atoms with Gasteiger partial charge in [-0.15, -0.1) is 11.3 Å². The number of nitrogens with one attached hydrogen (secondary N) is 1. The fraction of sp³-hybridized carbons (Fsp3) is 0.378. The van der Waals surface area contributed by atoms with Crippen LogP contribution in [0.25, 0.3) is 27.4 Å². The largest absolute Gasteiger partial charge is 0.381 e. The Kier molecular flexibility index (Phi) is 8.41. The maximum atomic E-state index is 15.3. The second-order valence-electron chi connectivity index (χ2n) is 12.4. The maximum Gasteiger partial charge on any atom is 0.276 e. The number of pyridine rings is 2. The van der Waals surface area contributed by atoms with Gasteiger partial charge in [0.05, 0.1) is 10.6 Å². The highest BCUT2D eigenvalue weighted by atomic mass is 32.1. The van der Waals surface area contributed by atoms with Gasteiger partial charge in [0, 0.05) is 53.6 Å². The zero-order valence-corrected chi connectivity index (χ0v) is 26.9. The van der Waals surface area contributed by atoms with E-state index in [9.17, 15) is 4.79 Å². The van der Waals surface area contributed by atoms with E-state index in [0.717, 1.165) is 61.8 Å². The molecule has 1 N–H and O–H groups in total. The van der Waals surface area contributed by atoms with Gasteiger partial charge in [-0.1, -0.05) is 44.5 Å². The van der Waals surface area contributed by atoms with Crippen molar-refractivity contribution in [2.24, 2.45) is 5.92 Å². The van der Waals surface area contributed by atoms with Crippen molar-refractivity contribution in [3.8, 4) is 21.7 Å². The van der Waals surface area contributed by atoms with Crippen LogP contribution >= 0.6 is 11.3 Å². The molecule has 0 atom stereocenters. The molecule has 0 bridgehead atoms. The predicted octanol–water partition coefficient (Wildman–Crippen LogP) is 8.34. The first-order chi connectivity index (χ1) is 22.0. The molecule has 4 aromatic rings. The van der Waals surface area contributed by atoms with E-state index in [1.165, 1.54) is 52.4 Å². The summed E-state index contributed by atoms with van der Waals surface area (Å²) in [4.78, 5) is 29.9. The third kappa shape index (κ3) is 6.12. The second kappa shape index (κ2) is 12.8. The predicted molar refractivity (Wildman–Crippen MR) is 182 cm³/mol. The summed E-state index contributed by atoms with van der Waals surface area (Å²) in [7, 11) is 0. The zero-order valence-electron chi connectivity index (χ0n) is 26.1. The normalized spacial score (nSPS) is 17.1. The molecular formula is C37H40FN5OS. The molecule has 1 saturated carbocycles. The number of anilines is 2. The average molecular weight is 622 g/mol. The van der Waals surface area contributed by atoms with E-state index in [0.29, 0.717) is 18.2 Å². The lowest BCUT2D eigenvalue weighted by Crippen LogP contribution is -2.34. The van der Waals surface area contributed by atoms with Crippen LogP contribution in [0.3, 0.4) is 0 Å². The minimum absolute atomic E-state index is 0.179. The summed E-state index contributed by atoms with van der Waals surface area (Å²) < 4.78 is 15.3. The molecule has 3 aliphatic rings. The van der Waals surface area contributed by atoms with Crippen LogP contribution < -0.4 is 15.1 Å². The Morgan fingerprint density at radius 3 is 2.64 bits per heavy atom. The SMILES string of the molecule is CC/C=C(/NC1CC1)c1cc2c(s1)-c1ccccc1N(C(=O)c1ccc(F)c(-c3ccnc(N4CCC(CC)CC4)c3)n1)CC2. The number of halogens is 1. The maximum absolute atomic E-state index is 15.3. The number of hydrogen-bond acceptors (Lipinski definition) is 6. The van der Waals surface area contributed by atoms with Crippen LogP contribution in [0.5, 0.6) is 0 Å². The number of para-hydroxylation sites is 1. The summed E-state index contributed by atoms with van der Waals surface area (Å²) in [5.74, 6) is 0.909. The first-order valence-electron chi connectivity index (χ1n) is 16.4. The lowest BCUT2D eigenvalue weighted by atomic mass is 9.94. The molecule has 8 heteroatoms. The Bertz CT molecular complexity index is 1740. The summed E-state index contributed by atoms with van der Waals surface area (Å²) >= 11 is 1.79. The zero-order chi connectivity index (χ0) is 30.9. The number of nitrogens with zero attached hydrogens (tertiary/aromatic N) is 4. The molecule has 0 unspecified atom stereocenters. The average Bonchev–Trinajstić information content (AvgIpc) is 3.83.